The zero-order valence-corrected chi connectivity index (χ0v) is 13.8. The molecule has 3 heteroatoms. The molecule has 0 aromatic carbocycles. The van der Waals surface area contributed by atoms with Gasteiger partial charge in [0.1, 0.15) is 0 Å². The molecule has 1 aromatic rings. The van der Waals surface area contributed by atoms with E-state index in [4.69, 9.17) is 5.73 Å². The topological polar surface area (TPSA) is 29.3 Å². The van der Waals surface area contributed by atoms with Crippen molar-refractivity contribution in [3.05, 3.63) is 22.4 Å². The van der Waals surface area contributed by atoms with Crippen molar-refractivity contribution in [2.45, 2.75) is 59.5 Å². The van der Waals surface area contributed by atoms with Crippen LogP contribution in [0.5, 0.6) is 0 Å². The molecule has 0 saturated carbocycles. The first-order valence-corrected chi connectivity index (χ1v) is 8.29. The van der Waals surface area contributed by atoms with Crippen LogP contribution in [0.2, 0.25) is 0 Å². The second-order valence-corrected chi connectivity index (χ2v) is 7.48. The Morgan fingerprint density at radius 2 is 2.05 bits per heavy atom. The van der Waals surface area contributed by atoms with Gasteiger partial charge in [-0.15, -0.1) is 11.3 Å². The highest BCUT2D eigenvalue weighted by molar-refractivity contribution is 7.09. The first kappa shape index (κ1) is 16.7. The minimum Gasteiger partial charge on any atom is -0.330 e. The molecule has 1 rings (SSSR count). The Labute approximate surface area is 123 Å². The van der Waals surface area contributed by atoms with E-state index < -0.39 is 0 Å². The van der Waals surface area contributed by atoms with Crippen LogP contribution in [0.1, 0.15) is 51.8 Å². The van der Waals surface area contributed by atoms with E-state index in [0.717, 1.165) is 19.5 Å². The summed E-state index contributed by atoms with van der Waals surface area (Å²) in [6.07, 6.45) is 3.65. The van der Waals surface area contributed by atoms with Crippen LogP contribution < -0.4 is 5.73 Å². The second kappa shape index (κ2) is 8.03. The number of rotatable bonds is 9. The van der Waals surface area contributed by atoms with E-state index in [1.54, 1.807) is 0 Å². The van der Waals surface area contributed by atoms with Crippen molar-refractivity contribution >= 4 is 11.3 Å². The Kier molecular flexibility index (Phi) is 7.05. The van der Waals surface area contributed by atoms with E-state index in [0.29, 0.717) is 11.5 Å². The highest BCUT2D eigenvalue weighted by atomic mass is 32.1. The lowest BCUT2D eigenvalue weighted by molar-refractivity contribution is 0.193. The van der Waals surface area contributed by atoms with Gasteiger partial charge in [-0.1, -0.05) is 19.9 Å². The van der Waals surface area contributed by atoms with Crippen LogP contribution >= 0.6 is 11.3 Å². The molecule has 0 radical (unpaired) electrons. The Morgan fingerprint density at radius 3 is 2.58 bits per heavy atom. The molecule has 0 atom stereocenters. The smallest absolute Gasteiger partial charge is 0.0330 e. The lowest BCUT2D eigenvalue weighted by atomic mass is 9.84. The van der Waals surface area contributed by atoms with Crippen LogP contribution in [0.3, 0.4) is 0 Å². The lowest BCUT2D eigenvalue weighted by Gasteiger charge is -2.29. The fourth-order valence-electron chi connectivity index (χ4n) is 2.40. The van der Waals surface area contributed by atoms with Crippen molar-refractivity contribution < 1.29 is 0 Å². The maximum atomic E-state index is 5.68. The molecule has 0 aliphatic carbocycles. The summed E-state index contributed by atoms with van der Waals surface area (Å²) >= 11 is 1.86. The van der Waals surface area contributed by atoms with E-state index in [9.17, 15) is 0 Å². The molecule has 0 saturated heterocycles. The molecular weight excluding hydrogens is 252 g/mol. The van der Waals surface area contributed by atoms with E-state index in [1.807, 2.05) is 11.3 Å². The molecule has 0 amide bonds. The molecule has 0 unspecified atom stereocenters. The maximum Gasteiger partial charge on any atom is 0.0330 e. The van der Waals surface area contributed by atoms with Gasteiger partial charge in [-0.05, 0) is 63.1 Å². The third-order valence-corrected chi connectivity index (χ3v) is 4.65. The molecule has 19 heavy (non-hydrogen) atoms. The van der Waals surface area contributed by atoms with Gasteiger partial charge >= 0.3 is 0 Å². The standard InChI is InChI=1S/C16H30N2S/c1-14(2)18(13-15-7-5-12-19-15)11-6-8-16(3,4)9-10-17/h5,7,12,14H,6,8-11,13,17H2,1-4H3. The van der Waals surface area contributed by atoms with E-state index in [1.165, 1.54) is 24.3 Å². The van der Waals surface area contributed by atoms with Crippen molar-refractivity contribution in [1.82, 2.24) is 4.90 Å². The average Bonchev–Trinajstić information content (AvgIpc) is 2.80. The maximum absolute atomic E-state index is 5.68. The van der Waals surface area contributed by atoms with Gasteiger partial charge in [0.05, 0.1) is 0 Å². The summed E-state index contributed by atoms with van der Waals surface area (Å²) in [6.45, 7) is 12.3. The number of nitrogens with zero attached hydrogens (tertiary/aromatic N) is 1. The molecule has 0 bridgehead atoms. The number of hydrogen-bond donors (Lipinski definition) is 1. The lowest BCUT2D eigenvalue weighted by Crippen LogP contribution is -2.31. The van der Waals surface area contributed by atoms with Crippen molar-refractivity contribution in [2.75, 3.05) is 13.1 Å². The zero-order chi connectivity index (χ0) is 14.3. The number of hydrogen-bond acceptors (Lipinski definition) is 3. The van der Waals surface area contributed by atoms with E-state index >= 15 is 0 Å². The van der Waals surface area contributed by atoms with Crippen LogP contribution in [0.4, 0.5) is 0 Å². The van der Waals surface area contributed by atoms with Crippen LogP contribution in [0.25, 0.3) is 0 Å². The van der Waals surface area contributed by atoms with Crippen molar-refractivity contribution in [3.63, 3.8) is 0 Å². The van der Waals surface area contributed by atoms with E-state index in [-0.39, 0.29) is 0 Å². The average molecular weight is 282 g/mol. The molecule has 0 spiro atoms. The van der Waals surface area contributed by atoms with Crippen molar-refractivity contribution in [1.29, 1.82) is 0 Å². The third-order valence-electron chi connectivity index (χ3n) is 3.79. The second-order valence-electron chi connectivity index (χ2n) is 6.45. The zero-order valence-electron chi connectivity index (χ0n) is 13.0. The van der Waals surface area contributed by atoms with Crippen LogP contribution in [0, 0.1) is 5.41 Å². The predicted octanol–water partition coefficient (Wildman–Crippen LogP) is 4.11. The number of nitrogens with two attached hydrogens (primary N) is 1. The molecule has 0 aliphatic heterocycles. The largest absolute Gasteiger partial charge is 0.330 e. The minimum absolute atomic E-state index is 0.389. The van der Waals surface area contributed by atoms with Gasteiger partial charge in [-0.3, -0.25) is 4.90 Å². The van der Waals surface area contributed by atoms with Gasteiger partial charge in [0.2, 0.25) is 0 Å². The van der Waals surface area contributed by atoms with Crippen molar-refractivity contribution in [2.24, 2.45) is 11.1 Å². The third kappa shape index (κ3) is 6.55. The molecular formula is C16H30N2S. The first-order valence-electron chi connectivity index (χ1n) is 7.41. The normalized spacial score (nSPS) is 12.6. The minimum atomic E-state index is 0.389. The van der Waals surface area contributed by atoms with Crippen LogP contribution in [0.15, 0.2) is 17.5 Å². The summed E-state index contributed by atoms with van der Waals surface area (Å²) in [6, 6.07) is 4.99. The van der Waals surface area contributed by atoms with Gasteiger partial charge in [-0.2, -0.15) is 0 Å². The van der Waals surface area contributed by atoms with Gasteiger partial charge in [-0.25, -0.2) is 0 Å². The van der Waals surface area contributed by atoms with Crippen molar-refractivity contribution in [3.8, 4) is 0 Å². The highest BCUT2D eigenvalue weighted by Gasteiger charge is 2.18. The first-order chi connectivity index (χ1) is 8.94. The van der Waals surface area contributed by atoms with Crippen LogP contribution in [-0.4, -0.2) is 24.0 Å². The summed E-state index contributed by atoms with van der Waals surface area (Å²) < 4.78 is 0. The molecule has 2 N–H and O–H groups in total. The summed E-state index contributed by atoms with van der Waals surface area (Å²) in [5, 5.41) is 2.16. The van der Waals surface area contributed by atoms with Gasteiger partial charge in [0, 0.05) is 17.5 Å². The number of thiophene rings is 1. The molecule has 0 fully saturated rings. The monoisotopic (exact) mass is 282 g/mol. The van der Waals surface area contributed by atoms with Crippen LogP contribution in [-0.2, 0) is 6.54 Å². The Balaban J connectivity index is 2.38. The fraction of sp³-hybridized carbons (Fsp3) is 0.750. The molecule has 1 aromatic heterocycles. The Morgan fingerprint density at radius 1 is 1.32 bits per heavy atom. The molecule has 0 aliphatic rings. The summed E-state index contributed by atoms with van der Waals surface area (Å²) in [5.74, 6) is 0. The van der Waals surface area contributed by atoms with E-state index in [2.05, 4.69) is 50.1 Å². The van der Waals surface area contributed by atoms with Gasteiger partial charge in [0.15, 0.2) is 0 Å². The molecule has 1 heterocycles. The molecule has 2 nitrogen and oxygen atoms in total. The summed E-state index contributed by atoms with van der Waals surface area (Å²) in [4.78, 5) is 4.04. The van der Waals surface area contributed by atoms with Gasteiger partial charge < -0.3 is 5.73 Å². The highest BCUT2D eigenvalue weighted by Crippen LogP contribution is 2.26. The van der Waals surface area contributed by atoms with Gasteiger partial charge in [0.25, 0.3) is 0 Å². The Bertz CT molecular complexity index is 331. The Hall–Kier alpha value is -0.380. The summed E-state index contributed by atoms with van der Waals surface area (Å²) in [5.41, 5.74) is 6.06. The fourth-order valence-corrected chi connectivity index (χ4v) is 3.13. The quantitative estimate of drug-likeness (QED) is 0.738. The summed E-state index contributed by atoms with van der Waals surface area (Å²) in [7, 11) is 0. The predicted molar refractivity (Wildman–Crippen MR) is 86.6 cm³/mol. The SMILES string of the molecule is CC(C)N(CCCC(C)(C)CCN)Cc1cccs1. The molecule has 110 valence electrons.